The van der Waals surface area contributed by atoms with Crippen molar-refractivity contribution < 1.29 is 4.79 Å². The lowest BCUT2D eigenvalue weighted by atomic mass is 10.1. The highest BCUT2D eigenvalue weighted by molar-refractivity contribution is 5.88. The van der Waals surface area contributed by atoms with Crippen molar-refractivity contribution in [3.05, 3.63) is 48.2 Å². The minimum absolute atomic E-state index is 0.0380. The van der Waals surface area contributed by atoms with Crippen LogP contribution in [0.15, 0.2) is 42.6 Å². The molecule has 0 aliphatic rings. The number of carbonyl (C=O) groups excluding carboxylic acids is 1. The molecule has 0 fully saturated rings. The summed E-state index contributed by atoms with van der Waals surface area (Å²) in [5.74, 6) is 0.0380. The van der Waals surface area contributed by atoms with E-state index < -0.39 is 0 Å². The fourth-order valence-electron chi connectivity index (χ4n) is 1.34. The molecule has 15 heavy (non-hydrogen) atoms. The molecule has 0 saturated carbocycles. The standard InChI is InChI=1S/C13H15NO/c1-4-12-7-5-6-8-13(12)14-10(2)9-11(3)15/h4-9,14H,1H2,2-3H3/b10-9-. The van der Waals surface area contributed by atoms with Crippen molar-refractivity contribution in [2.45, 2.75) is 13.8 Å². The molecule has 0 unspecified atom stereocenters. The second-order valence-corrected chi connectivity index (χ2v) is 3.35. The molecule has 0 aliphatic carbocycles. The molecule has 2 heteroatoms. The van der Waals surface area contributed by atoms with E-state index in [0.717, 1.165) is 16.9 Å². The van der Waals surface area contributed by atoms with Crippen molar-refractivity contribution in [2.24, 2.45) is 0 Å². The van der Waals surface area contributed by atoms with Crippen LogP contribution in [0.1, 0.15) is 19.4 Å². The maximum Gasteiger partial charge on any atom is 0.154 e. The minimum Gasteiger partial charge on any atom is -0.359 e. The van der Waals surface area contributed by atoms with Gasteiger partial charge >= 0.3 is 0 Å². The molecule has 0 aliphatic heterocycles. The summed E-state index contributed by atoms with van der Waals surface area (Å²) >= 11 is 0. The molecule has 0 saturated heterocycles. The third-order valence-corrected chi connectivity index (χ3v) is 1.93. The van der Waals surface area contributed by atoms with E-state index in [4.69, 9.17) is 0 Å². The number of rotatable bonds is 4. The van der Waals surface area contributed by atoms with Gasteiger partial charge in [0, 0.05) is 11.4 Å². The highest BCUT2D eigenvalue weighted by Crippen LogP contribution is 2.17. The van der Waals surface area contributed by atoms with Gasteiger partial charge in [0.25, 0.3) is 0 Å². The van der Waals surface area contributed by atoms with Crippen LogP contribution in [-0.4, -0.2) is 5.78 Å². The maximum absolute atomic E-state index is 10.9. The fourth-order valence-corrected chi connectivity index (χ4v) is 1.34. The smallest absolute Gasteiger partial charge is 0.154 e. The molecule has 0 radical (unpaired) electrons. The third-order valence-electron chi connectivity index (χ3n) is 1.93. The van der Waals surface area contributed by atoms with Crippen LogP contribution in [0.4, 0.5) is 5.69 Å². The number of ketones is 1. The topological polar surface area (TPSA) is 29.1 Å². The fraction of sp³-hybridized carbons (Fsp3) is 0.154. The lowest BCUT2D eigenvalue weighted by Crippen LogP contribution is -1.99. The van der Waals surface area contributed by atoms with Gasteiger partial charge in [0.1, 0.15) is 0 Å². The molecule has 0 spiro atoms. The Morgan fingerprint density at radius 1 is 1.33 bits per heavy atom. The first-order chi connectivity index (χ1) is 7.13. The summed E-state index contributed by atoms with van der Waals surface area (Å²) in [7, 11) is 0. The summed E-state index contributed by atoms with van der Waals surface area (Å²) in [6.07, 6.45) is 3.35. The molecule has 0 bridgehead atoms. The van der Waals surface area contributed by atoms with Crippen molar-refractivity contribution in [3.63, 3.8) is 0 Å². The molecular weight excluding hydrogens is 186 g/mol. The van der Waals surface area contributed by atoms with E-state index in [9.17, 15) is 4.79 Å². The Hall–Kier alpha value is -1.83. The van der Waals surface area contributed by atoms with Crippen molar-refractivity contribution in [2.75, 3.05) is 5.32 Å². The number of allylic oxidation sites excluding steroid dienone is 2. The Morgan fingerprint density at radius 2 is 2.00 bits per heavy atom. The zero-order valence-corrected chi connectivity index (χ0v) is 9.08. The predicted octanol–water partition coefficient (Wildman–Crippen LogP) is 3.23. The van der Waals surface area contributed by atoms with E-state index in [1.54, 1.807) is 12.2 Å². The van der Waals surface area contributed by atoms with Crippen LogP contribution < -0.4 is 5.32 Å². The summed E-state index contributed by atoms with van der Waals surface area (Å²) in [6.45, 7) is 7.13. The van der Waals surface area contributed by atoms with E-state index >= 15 is 0 Å². The zero-order valence-electron chi connectivity index (χ0n) is 9.08. The Morgan fingerprint density at radius 3 is 2.60 bits per heavy atom. The predicted molar refractivity (Wildman–Crippen MR) is 64.6 cm³/mol. The Bertz CT molecular complexity index is 405. The van der Waals surface area contributed by atoms with Crippen LogP contribution in [0, 0.1) is 0 Å². The number of nitrogens with one attached hydrogen (secondary N) is 1. The van der Waals surface area contributed by atoms with Crippen molar-refractivity contribution >= 4 is 17.5 Å². The third kappa shape index (κ3) is 3.43. The van der Waals surface area contributed by atoms with Gasteiger partial charge in [-0.1, -0.05) is 30.9 Å². The highest BCUT2D eigenvalue weighted by atomic mass is 16.1. The SMILES string of the molecule is C=Cc1ccccc1N/C(C)=C\C(C)=O. The van der Waals surface area contributed by atoms with Gasteiger partial charge in [-0.05, 0) is 31.6 Å². The second kappa shape index (κ2) is 5.15. The zero-order chi connectivity index (χ0) is 11.3. The van der Waals surface area contributed by atoms with Gasteiger partial charge in [-0.3, -0.25) is 4.79 Å². The van der Waals surface area contributed by atoms with E-state index in [0.29, 0.717) is 0 Å². The first-order valence-electron chi connectivity index (χ1n) is 4.81. The van der Waals surface area contributed by atoms with Gasteiger partial charge in [-0.2, -0.15) is 0 Å². The Kier molecular flexibility index (Phi) is 3.86. The lowest BCUT2D eigenvalue weighted by Gasteiger charge is -2.09. The van der Waals surface area contributed by atoms with Crippen LogP contribution in [0.3, 0.4) is 0 Å². The first-order valence-corrected chi connectivity index (χ1v) is 4.81. The summed E-state index contributed by atoms with van der Waals surface area (Å²) in [6, 6.07) is 7.81. The molecular formula is C13H15NO. The maximum atomic E-state index is 10.9. The molecule has 1 aromatic carbocycles. The quantitative estimate of drug-likeness (QED) is 0.758. The minimum atomic E-state index is 0.0380. The number of hydrogen-bond donors (Lipinski definition) is 1. The molecule has 0 amide bonds. The first kappa shape index (κ1) is 11.2. The van der Waals surface area contributed by atoms with Gasteiger partial charge in [0.2, 0.25) is 0 Å². The summed E-state index contributed by atoms with van der Waals surface area (Å²) in [5.41, 5.74) is 2.81. The summed E-state index contributed by atoms with van der Waals surface area (Å²) in [4.78, 5) is 10.9. The molecule has 78 valence electrons. The monoisotopic (exact) mass is 201 g/mol. The van der Waals surface area contributed by atoms with E-state index in [1.165, 1.54) is 6.92 Å². The van der Waals surface area contributed by atoms with Gasteiger partial charge < -0.3 is 5.32 Å². The average Bonchev–Trinajstić information content (AvgIpc) is 2.17. The normalized spacial score (nSPS) is 10.9. The van der Waals surface area contributed by atoms with Crippen LogP contribution in [0.2, 0.25) is 0 Å². The lowest BCUT2D eigenvalue weighted by molar-refractivity contribution is -0.112. The molecule has 1 rings (SSSR count). The van der Waals surface area contributed by atoms with Crippen LogP contribution in [0.25, 0.3) is 6.08 Å². The number of para-hydroxylation sites is 1. The summed E-state index contributed by atoms with van der Waals surface area (Å²) < 4.78 is 0. The van der Waals surface area contributed by atoms with Crippen LogP contribution in [-0.2, 0) is 4.79 Å². The molecule has 1 N–H and O–H groups in total. The van der Waals surface area contributed by atoms with Gasteiger partial charge in [-0.25, -0.2) is 0 Å². The highest BCUT2D eigenvalue weighted by Gasteiger charge is 1.98. The van der Waals surface area contributed by atoms with Crippen molar-refractivity contribution in [1.29, 1.82) is 0 Å². The number of hydrogen-bond acceptors (Lipinski definition) is 2. The van der Waals surface area contributed by atoms with Crippen LogP contribution >= 0.6 is 0 Å². The largest absolute Gasteiger partial charge is 0.359 e. The van der Waals surface area contributed by atoms with Gasteiger partial charge in [0.15, 0.2) is 5.78 Å². The van der Waals surface area contributed by atoms with E-state index in [-0.39, 0.29) is 5.78 Å². The van der Waals surface area contributed by atoms with E-state index in [1.807, 2.05) is 31.2 Å². The second-order valence-electron chi connectivity index (χ2n) is 3.35. The summed E-state index contributed by atoms with van der Waals surface area (Å²) in [5, 5.41) is 3.16. The number of carbonyl (C=O) groups is 1. The Labute approximate surface area is 90.3 Å². The van der Waals surface area contributed by atoms with Crippen molar-refractivity contribution in [3.8, 4) is 0 Å². The van der Waals surface area contributed by atoms with Gasteiger partial charge in [-0.15, -0.1) is 0 Å². The average molecular weight is 201 g/mol. The molecule has 0 aromatic heterocycles. The van der Waals surface area contributed by atoms with Crippen molar-refractivity contribution in [1.82, 2.24) is 0 Å². The molecule has 0 heterocycles. The number of benzene rings is 1. The molecule has 0 atom stereocenters. The molecule has 1 aromatic rings. The van der Waals surface area contributed by atoms with Crippen LogP contribution in [0.5, 0.6) is 0 Å². The molecule has 2 nitrogen and oxygen atoms in total. The van der Waals surface area contributed by atoms with E-state index in [2.05, 4.69) is 11.9 Å². The van der Waals surface area contributed by atoms with Gasteiger partial charge in [0.05, 0.1) is 0 Å². The number of anilines is 1. The Balaban J connectivity index is 2.89.